The van der Waals surface area contributed by atoms with Gasteiger partial charge in [-0.15, -0.1) is 0 Å². The molecular weight excluding hydrogens is 757 g/mol. The molecule has 0 aliphatic heterocycles. The molecule has 0 spiro atoms. The van der Waals surface area contributed by atoms with Crippen LogP contribution in [0, 0.1) is 0 Å². The van der Waals surface area contributed by atoms with Gasteiger partial charge in [-0.05, 0) is 96.3 Å². The molecule has 0 N–H and O–H groups in total. The summed E-state index contributed by atoms with van der Waals surface area (Å²) in [7, 11) is 0. The average molecular weight is 849 g/mol. The van der Waals surface area contributed by atoms with Gasteiger partial charge < -0.3 is 14.2 Å². The molecule has 1 atom stereocenters. The van der Waals surface area contributed by atoms with E-state index in [0.717, 1.165) is 96.3 Å². The summed E-state index contributed by atoms with van der Waals surface area (Å²) in [6.07, 6.45) is 62.9. The molecule has 1 unspecified atom stereocenters. The fourth-order valence-corrected chi connectivity index (χ4v) is 6.60. The van der Waals surface area contributed by atoms with Crippen LogP contribution in [-0.2, 0) is 28.6 Å². The minimum absolute atomic E-state index is 0.112. The Kier molecular flexibility index (Phi) is 46.5. The Morgan fingerprint density at radius 2 is 0.705 bits per heavy atom. The minimum Gasteiger partial charge on any atom is -0.462 e. The average Bonchev–Trinajstić information content (AvgIpc) is 3.26. The van der Waals surface area contributed by atoms with Gasteiger partial charge in [-0.3, -0.25) is 14.4 Å². The van der Waals surface area contributed by atoms with Crippen LogP contribution in [0.25, 0.3) is 0 Å². The van der Waals surface area contributed by atoms with Gasteiger partial charge in [-0.1, -0.05) is 196 Å². The Labute approximate surface area is 375 Å². The predicted octanol–water partition coefficient (Wildman–Crippen LogP) is 16.4. The second kappa shape index (κ2) is 49.2. The third-order valence-corrected chi connectivity index (χ3v) is 10.3. The lowest BCUT2D eigenvalue weighted by Crippen LogP contribution is -2.30. The van der Waals surface area contributed by atoms with Crippen molar-refractivity contribution in [1.82, 2.24) is 0 Å². The smallest absolute Gasteiger partial charge is 0.306 e. The highest BCUT2D eigenvalue weighted by molar-refractivity contribution is 5.71. The number of carbonyl (C=O) groups is 3. The summed E-state index contributed by atoms with van der Waals surface area (Å²) in [4.78, 5) is 37.9. The highest BCUT2D eigenvalue weighted by atomic mass is 16.6. The first-order valence-corrected chi connectivity index (χ1v) is 25.1. The molecule has 0 aliphatic rings. The summed E-state index contributed by atoms with van der Waals surface area (Å²) >= 11 is 0. The second-order valence-electron chi connectivity index (χ2n) is 16.3. The highest BCUT2D eigenvalue weighted by Crippen LogP contribution is 2.13. The van der Waals surface area contributed by atoms with Crippen molar-refractivity contribution in [2.45, 2.75) is 232 Å². The van der Waals surface area contributed by atoms with E-state index in [9.17, 15) is 14.4 Å². The molecule has 0 radical (unpaired) electrons. The van der Waals surface area contributed by atoms with E-state index in [1.165, 1.54) is 83.5 Å². The summed E-state index contributed by atoms with van der Waals surface area (Å²) in [5, 5.41) is 0. The topological polar surface area (TPSA) is 78.9 Å². The second-order valence-corrected chi connectivity index (χ2v) is 16.3. The molecule has 6 nitrogen and oxygen atoms in total. The Bertz CT molecular complexity index is 1200. The number of allylic oxidation sites excluding steroid dienone is 14. The first kappa shape index (κ1) is 57.6. The van der Waals surface area contributed by atoms with E-state index in [-0.39, 0.29) is 31.6 Å². The summed E-state index contributed by atoms with van der Waals surface area (Å²) in [6, 6.07) is 0. The molecule has 61 heavy (non-hydrogen) atoms. The predicted molar refractivity (Wildman–Crippen MR) is 261 cm³/mol. The molecule has 6 heteroatoms. The number of ether oxygens (including phenoxy) is 3. The van der Waals surface area contributed by atoms with Gasteiger partial charge in [0.1, 0.15) is 13.2 Å². The van der Waals surface area contributed by atoms with Crippen molar-refractivity contribution in [1.29, 1.82) is 0 Å². The van der Waals surface area contributed by atoms with Crippen LogP contribution in [0.3, 0.4) is 0 Å². The standard InChI is InChI=1S/C55H92O6/c1-4-7-10-13-16-19-22-25-26-27-28-31-33-36-39-42-45-48-54(57)60-51-52(61-55(58)49-46-43-40-37-34-30-24-21-18-15-12-9-6-3)50-59-53(56)47-44-41-38-35-32-29-23-20-17-14-11-8-5-2/h9,11-12,14,18,20-21,23,25-26,30,34,40,43,52H,4-8,10,13,15-17,19,22,24,27-29,31-33,35-39,41-42,44-51H2,1-3H3/b12-9-,14-11-,21-18-,23-20-,26-25-,34-30-,43-40-. The third-order valence-electron chi connectivity index (χ3n) is 10.3. The van der Waals surface area contributed by atoms with Gasteiger partial charge in [0, 0.05) is 19.3 Å². The molecule has 0 amide bonds. The molecule has 0 aromatic carbocycles. The monoisotopic (exact) mass is 849 g/mol. The zero-order valence-corrected chi connectivity index (χ0v) is 39.7. The van der Waals surface area contributed by atoms with Crippen molar-refractivity contribution < 1.29 is 28.6 Å². The van der Waals surface area contributed by atoms with Gasteiger partial charge in [0.2, 0.25) is 0 Å². The molecular formula is C55H92O6. The molecule has 0 aromatic rings. The highest BCUT2D eigenvalue weighted by Gasteiger charge is 2.19. The minimum atomic E-state index is -0.821. The van der Waals surface area contributed by atoms with Gasteiger partial charge in [0.05, 0.1) is 0 Å². The lowest BCUT2D eigenvalue weighted by Gasteiger charge is -2.18. The van der Waals surface area contributed by atoms with Gasteiger partial charge in [-0.2, -0.15) is 0 Å². The fraction of sp³-hybridized carbons (Fsp3) is 0.691. The number of hydrogen-bond donors (Lipinski definition) is 0. The van der Waals surface area contributed by atoms with Crippen molar-refractivity contribution >= 4 is 17.9 Å². The SMILES string of the molecule is CC/C=C\C/C=C\C/C=C\C/C=C\CCC(=O)OC(COC(=O)CCCCCCC/C=C\C/C=C\CCC)COC(=O)CCCCCCCCC/C=C\CCCCCCCC. The molecule has 0 saturated heterocycles. The van der Waals surface area contributed by atoms with Crippen LogP contribution in [0.2, 0.25) is 0 Å². The van der Waals surface area contributed by atoms with E-state index in [1.54, 1.807) is 0 Å². The van der Waals surface area contributed by atoms with Crippen molar-refractivity contribution in [3.8, 4) is 0 Å². The van der Waals surface area contributed by atoms with Crippen molar-refractivity contribution in [2.75, 3.05) is 13.2 Å². The van der Waals surface area contributed by atoms with Crippen LogP contribution in [0.1, 0.15) is 226 Å². The van der Waals surface area contributed by atoms with E-state index in [1.807, 2.05) is 12.2 Å². The number of rotatable bonds is 44. The van der Waals surface area contributed by atoms with E-state index >= 15 is 0 Å². The van der Waals surface area contributed by atoms with Crippen LogP contribution in [0.5, 0.6) is 0 Å². The normalized spacial score (nSPS) is 12.8. The van der Waals surface area contributed by atoms with E-state index < -0.39 is 12.1 Å². The van der Waals surface area contributed by atoms with Crippen LogP contribution >= 0.6 is 0 Å². The lowest BCUT2D eigenvalue weighted by atomic mass is 10.1. The fourth-order valence-electron chi connectivity index (χ4n) is 6.60. The summed E-state index contributed by atoms with van der Waals surface area (Å²) in [5.41, 5.74) is 0. The molecule has 0 fully saturated rings. The van der Waals surface area contributed by atoms with Crippen LogP contribution < -0.4 is 0 Å². The van der Waals surface area contributed by atoms with Gasteiger partial charge >= 0.3 is 17.9 Å². The Morgan fingerprint density at radius 1 is 0.344 bits per heavy atom. The number of carbonyl (C=O) groups excluding carboxylic acids is 3. The van der Waals surface area contributed by atoms with Crippen molar-refractivity contribution in [3.05, 3.63) is 85.1 Å². The lowest BCUT2D eigenvalue weighted by molar-refractivity contribution is -0.166. The maximum atomic E-state index is 12.7. The maximum Gasteiger partial charge on any atom is 0.306 e. The molecule has 0 bridgehead atoms. The zero-order chi connectivity index (χ0) is 44.4. The number of unbranched alkanes of at least 4 members (excludes halogenated alkanes) is 19. The number of hydrogen-bond acceptors (Lipinski definition) is 6. The molecule has 348 valence electrons. The van der Waals surface area contributed by atoms with E-state index in [2.05, 4.69) is 93.7 Å². The van der Waals surface area contributed by atoms with Gasteiger partial charge in [-0.25, -0.2) is 0 Å². The van der Waals surface area contributed by atoms with Crippen molar-refractivity contribution in [3.63, 3.8) is 0 Å². The summed E-state index contributed by atoms with van der Waals surface area (Å²) in [5.74, 6) is -1.02. The van der Waals surface area contributed by atoms with Crippen LogP contribution in [0.4, 0.5) is 0 Å². The molecule has 0 rings (SSSR count). The van der Waals surface area contributed by atoms with Crippen molar-refractivity contribution in [2.24, 2.45) is 0 Å². The first-order valence-electron chi connectivity index (χ1n) is 25.1. The first-order chi connectivity index (χ1) is 30.0. The summed E-state index contributed by atoms with van der Waals surface area (Å²) < 4.78 is 16.7. The summed E-state index contributed by atoms with van der Waals surface area (Å²) in [6.45, 7) is 6.37. The quantitative estimate of drug-likeness (QED) is 0.0263. The van der Waals surface area contributed by atoms with Crippen LogP contribution in [-0.4, -0.2) is 37.2 Å². The maximum absolute atomic E-state index is 12.7. The van der Waals surface area contributed by atoms with E-state index in [0.29, 0.717) is 19.3 Å². The van der Waals surface area contributed by atoms with E-state index in [4.69, 9.17) is 14.2 Å². The number of esters is 3. The molecule has 0 saturated carbocycles. The Morgan fingerprint density at radius 3 is 1.15 bits per heavy atom. The zero-order valence-electron chi connectivity index (χ0n) is 39.7. The van der Waals surface area contributed by atoms with Gasteiger partial charge in [0.15, 0.2) is 6.10 Å². The molecule has 0 aliphatic carbocycles. The van der Waals surface area contributed by atoms with Gasteiger partial charge in [0.25, 0.3) is 0 Å². The largest absolute Gasteiger partial charge is 0.462 e. The third kappa shape index (κ3) is 47.5. The Hall–Kier alpha value is -3.41. The molecule has 0 heterocycles. The van der Waals surface area contributed by atoms with Crippen LogP contribution in [0.15, 0.2) is 85.1 Å². The Balaban J connectivity index is 4.47. The molecule has 0 aromatic heterocycles.